The largest absolute Gasteiger partial charge is 0.444 e. The Labute approximate surface area is 537 Å². The number of carbonyl (C=O) groups is 3. The minimum Gasteiger partial charge on any atom is -0.444 e. The second kappa shape index (κ2) is 30.4. The molecule has 5 aliphatic rings. The van der Waals surface area contributed by atoms with Gasteiger partial charge >= 0.3 is 6.09 Å². The number of piperidine rings is 2. The molecule has 4 atom stereocenters. The van der Waals surface area contributed by atoms with Gasteiger partial charge < -0.3 is 39.7 Å². The molecule has 23 nitrogen and oxygen atoms in total. The van der Waals surface area contributed by atoms with Gasteiger partial charge in [0.1, 0.15) is 16.6 Å². The number of halogens is 4. The van der Waals surface area contributed by atoms with Crippen LogP contribution in [0, 0.1) is 13.8 Å². The number of nitrogens with zero attached hydrogens (tertiary/aromatic N) is 10. The van der Waals surface area contributed by atoms with Gasteiger partial charge in [0, 0.05) is 105 Å². The topological polar surface area (TPSA) is 259 Å². The van der Waals surface area contributed by atoms with E-state index in [1.54, 1.807) is 44.5 Å². The van der Waals surface area contributed by atoms with E-state index in [9.17, 15) is 31.2 Å². The van der Waals surface area contributed by atoms with Crippen molar-refractivity contribution in [1.29, 1.82) is 0 Å². The molecule has 5 saturated heterocycles. The lowest BCUT2D eigenvalue weighted by Crippen LogP contribution is -2.41. The molecule has 88 heavy (non-hydrogen) atoms. The van der Waals surface area contributed by atoms with Crippen LogP contribution in [0.5, 0.6) is 0 Å². The van der Waals surface area contributed by atoms with Crippen LogP contribution in [0.3, 0.4) is 0 Å². The smallest absolute Gasteiger partial charge is 0.410 e. The minimum atomic E-state index is -3.58. The first kappa shape index (κ1) is 69.7. The molecule has 5 aliphatic heterocycles. The number of likely N-dealkylation sites (N-methyl/N-ethyl adjacent to an activating group) is 2. The number of carbonyl (C=O) groups excluding carboxylic acids is 3. The SMILES string of the molecule is C1CCOC1.CN(C(=O)OC(C)(C)C)[C@@H]1CCNC1.CN[C@@H]1CCN(c2cc(C)n3nc([C@@H]4CCCCN4C(=O)c4cc(Cl)ccc4NS(C)(=O)=O)cc3n2)C1.Cc1cc(Cl)nc2cc([C@@H]3CCCCN3C(=O)c3cc(Cl)ccc3NS(C)(=O)=O)nn12.Cl. The molecule has 0 saturated carbocycles. The zero-order chi connectivity index (χ0) is 63.0. The zero-order valence-corrected chi connectivity index (χ0v) is 56.0. The highest BCUT2D eigenvalue weighted by Crippen LogP contribution is 2.37. The summed E-state index contributed by atoms with van der Waals surface area (Å²) in [7, 11) is -3.36. The van der Waals surface area contributed by atoms with Crippen molar-refractivity contribution in [2.24, 2.45) is 0 Å². The number of sulfonamides is 2. The average Bonchev–Trinajstić information content (AvgIpc) is 4.28. The summed E-state index contributed by atoms with van der Waals surface area (Å²) in [6.45, 7) is 16.3. The van der Waals surface area contributed by atoms with Crippen LogP contribution in [-0.2, 0) is 29.5 Å². The zero-order valence-electron chi connectivity index (χ0n) is 51.3. The van der Waals surface area contributed by atoms with Gasteiger partial charge in [-0.05, 0) is 155 Å². The highest BCUT2D eigenvalue weighted by Gasteiger charge is 2.35. The number of hydrogen-bond donors (Lipinski definition) is 4. The molecule has 4 N–H and O–H groups in total. The molecule has 11 rings (SSSR count). The van der Waals surface area contributed by atoms with Crippen molar-refractivity contribution in [2.45, 2.75) is 129 Å². The second-order valence-electron chi connectivity index (χ2n) is 23.6. The van der Waals surface area contributed by atoms with E-state index in [0.717, 1.165) is 132 Å². The Hall–Kier alpha value is -5.77. The number of nitrogens with one attached hydrogen (secondary N) is 4. The van der Waals surface area contributed by atoms with Crippen LogP contribution >= 0.6 is 47.2 Å². The summed E-state index contributed by atoms with van der Waals surface area (Å²) in [6.07, 6.45) is 11.6. The fourth-order valence-corrected chi connectivity index (χ4v) is 12.9. The third-order valence-corrected chi connectivity index (χ3v) is 17.3. The summed E-state index contributed by atoms with van der Waals surface area (Å²) in [4.78, 5) is 55.6. The number of fused-ring (bicyclic) bond motifs is 2. The third-order valence-electron chi connectivity index (χ3n) is 15.4. The molecular weight excluding hydrogens is 1250 g/mol. The van der Waals surface area contributed by atoms with Crippen molar-refractivity contribution in [3.8, 4) is 0 Å². The predicted molar refractivity (Wildman–Crippen MR) is 348 cm³/mol. The molecule has 482 valence electrons. The van der Waals surface area contributed by atoms with Crippen LogP contribution in [0.2, 0.25) is 15.2 Å². The fourth-order valence-electron chi connectivity index (χ4n) is 11.1. The van der Waals surface area contributed by atoms with Crippen LogP contribution in [0.1, 0.15) is 141 Å². The van der Waals surface area contributed by atoms with Crippen LogP contribution in [-0.4, -0.2) is 175 Å². The Kier molecular flexibility index (Phi) is 24.0. The Morgan fingerprint density at radius 2 is 1.20 bits per heavy atom. The van der Waals surface area contributed by atoms with Gasteiger partial charge in [-0.25, -0.2) is 40.6 Å². The van der Waals surface area contributed by atoms with Crippen molar-refractivity contribution in [1.82, 2.24) is 54.5 Å². The molecule has 0 unspecified atom stereocenters. The van der Waals surface area contributed by atoms with Crippen LogP contribution in [0.25, 0.3) is 11.3 Å². The lowest BCUT2D eigenvalue weighted by atomic mass is 9.98. The molecule has 29 heteroatoms. The van der Waals surface area contributed by atoms with Crippen molar-refractivity contribution in [2.75, 3.05) is 93.4 Å². The average molecular weight is 1340 g/mol. The van der Waals surface area contributed by atoms with E-state index in [2.05, 4.69) is 41.1 Å². The number of ether oxygens (including phenoxy) is 2. The second-order valence-corrected chi connectivity index (χ2v) is 28.3. The van der Waals surface area contributed by atoms with E-state index in [0.29, 0.717) is 45.7 Å². The summed E-state index contributed by atoms with van der Waals surface area (Å²) in [5.41, 5.74) is 5.08. The first-order valence-electron chi connectivity index (χ1n) is 29.4. The maximum Gasteiger partial charge on any atom is 0.410 e. The Bertz CT molecular complexity index is 3650. The van der Waals surface area contributed by atoms with Gasteiger partial charge in [0.2, 0.25) is 20.0 Å². The number of aryl methyl sites for hydroxylation is 2. The quantitative estimate of drug-likeness (QED) is 0.0880. The van der Waals surface area contributed by atoms with Gasteiger partial charge in [-0.1, -0.05) is 34.8 Å². The van der Waals surface area contributed by atoms with Crippen molar-refractivity contribution in [3.63, 3.8) is 0 Å². The summed E-state index contributed by atoms with van der Waals surface area (Å²) in [5, 5.41) is 17.2. The molecule has 3 amide bonds. The maximum atomic E-state index is 13.8. The van der Waals surface area contributed by atoms with Gasteiger partial charge in [0.15, 0.2) is 11.3 Å². The van der Waals surface area contributed by atoms with Gasteiger partial charge in [-0.15, -0.1) is 12.4 Å². The molecule has 0 radical (unpaired) electrons. The summed E-state index contributed by atoms with van der Waals surface area (Å²) >= 11 is 18.4. The Balaban J connectivity index is 0.000000194. The number of aromatic nitrogens is 6. The Morgan fingerprint density at radius 1 is 0.693 bits per heavy atom. The van der Waals surface area contributed by atoms with E-state index in [1.165, 1.54) is 37.1 Å². The number of amides is 3. The van der Waals surface area contributed by atoms with Crippen LogP contribution < -0.4 is 25.0 Å². The van der Waals surface area contributed by atoms with Crippen molar-refractivity contribution in [3.05, 3.63) is 110 Å². The normalized spacial score (nSPS) is 19.6. The minimum absolute atomic E-state index is 0. The Morgan fingerprint density at radius 3 is 1.65 bits per heavy atom. The molecule has 0 bridgehead atoms. The highest BCUT2D eigenvalue weighted by molar-refractivity contribution is 7.92. The monoisotopic (exact) mass is 1330 g/mol. The molecule has 2 aromatic carbocycles. The molecule has 4 aromatic heterocycles. The van der Waals surface area contributed by atoms with Gasteiger partial charge in [-0.2, -0.15) is 10.2 Å². The third kappa shape index (κ3) is 18.7. The number of likely N-dealkylation sites (tertiary alicyclic amines) is 2. The van der Waals surface area contributed by atoms with E-state index in [1.807, 2.05) is 58.3 Å². The van der Waals surface area contributed by atoms with Crippen LogP contribution in [0.4, 0.5) is 22.0 Å². The first-order chi connectivity index (χ1) is 41.1. The molecular formula is C59H82Cl4N14O9S2. The first-order valence-corrected chi connectivity index (χ1v) is 34.3. The van der Waals surface area contributed by atoms with Gasteiger partial charge in [-0.3, -0.25) is 19.0 Å². The van der Waals surface area contributed by atoms with E-state index < -0.39 is 25.6 Å². The fraction of sp³-hybridized carbons (Fsp3) is 0.542. The summed E-state index contributed by atoms with van der Waals surface area (Å²) in [5.74, 6) is 0.343. The number of hydrogen-bond acceptors (Lipinski definition) is 16. The summed E-state index contributed by atoms with van der Waals surface area (Å²) < 4.78 is 66.0. The van der Waals surface area contributed by atoms with Crippen LogP contribution in [0.15, 0.2) is 60.7 Å². The molecule has 6 aromatic rings. The van der Waals surface area contributed by atoms with Gasteiger partial charge in [0.05, 0.1) is 58.5 Å². The molecule has 0 spiro atoms. The highest BCUT2D eigenvalue weighted by atomic mass is 35.5. The molecule has 5 fully saturated rings. The van der Waals surface area contributed by atoms with Crippen molar-refractivity contribution >= 4 is 114 Å². The lowest BCUT2D eigenvalue weighted by molar-refractivity contribution is 0.0236. The van der Waals surface area contributed by atoms with E-state index in [4.69, 9.17) is 54.4 Å². The van der Waals surface area contributed by atoms with E-state index in [-0.39, 0.29) is 70.9 Å². The molecule has 0 aliphatic carbocycles. The lowest BCUT2D eigenvalue weighted by Gasteiger charge is -2.35. The standard InChI is InChI=1S/C25H32ClN7O3S.C20H21Cl2N5O3S.C10H20N2O2.C4H8O.ClH/c1-16-12-23(31-11-9-18(15-31)27-2)28-24-14-21(29-33(16)24)22-6-4-5-10-32(22)25(34)19-13-17(26)7-8-20(19)30-37(3,35)36;1-12-9-18(22)23-19-11-16(24-27(12)19)17-5-3-4-8-26(17)20(28)14-10-13(21)6-7-15(14)25-31(2,29)30;1-10(2,3)14-9(13)12(4)8-5-6-11-7-8;1-2-4-5-3-1;/h7-8,12-14,18,22,27,30H,4-6,9-11,15H2,1-3H3;6-7,9-11,17,25H,3-5,8H2,1-2H3;8,11H,5-7H2,1-4H3;1-4H2;1H/t18-,22+;17-;8-;;/m101../s1. The number of rotatable bonds is 11. The molecule has 9 heterocycles. The van der Waals surface area contributed by atoms with Gasteiger partial charge in [0.25, 0.3) is 11.8 Å². The predicted octanol–water partition coefficient (Wildman–Crippen LogP) is 9.75. The maximum absolute atomic E-state index is 13.8. The summed E-state index contributed by atoms with van der Waals surface area (Å²) in [6, 6.07) is 16.9. The number of benzene rings is 2. The van der Waals surface area contributed by atoms with Crippen molar-refractivity contribution < 1.29 is 40.7 Å². The number of anilines is 3. The van der Waals surface area contributed by atoms with E-state index >= 15 is 0 Å².